The molecule has 0 aliphatic rings. The van der Waals surface area contributed by atoms with Crippen LogP contribution in [0.3, 0.4) is 0 Å². The Balaban J connectivity index is 2.03. The molecule has 3 rings (SSSR count). The molecular formula is C19H18F2N4O4. The van der Waals surface area contributed by atoms with Gasteiger partial charge in [0.2, 0.25) is 5.91 Å². The zero-order chi connectivity index (χ0) is 21.1. The number of hydrogen-bond donors (Lipinski definition) is 4. The molecule has 0 aliphatic heterocycles. The number of alkyl halides is 2. The van der Waals surface area contributed by atoms with Gasteiger partial charge in [-0.1, -0.05) is 12.1 Å². The number of aliphatic hydroxyl groups is 1. The highest BCUT2D eigenvalue weighted by Gasteiger charge is 2.22. The van der Waals surface area contributed by atoms with Crippen LogP contribution in [-0.2, 0) is 4.79 Å². The fourth-order valence-corrected chi connectivity index (χ4v) is 2.91. The van der Waals surface area contributed by atoms with Crippen LogP contribution in [0.4, 0.5) is 19.3 Å². The standard InChI is InChI=1S/C19H18F2N4O4/c1-10-3-2-4-12(7-10)25-15-8-11(5-6-13(15)16(24-25)17(20)21)22-18(27)14(9-26)23-19(28)29/h2-8,14,17,23,26H,9H2,1H3,(H,22,27)(H,28,29). The Morgan fingerprint density at radius 3 is 2.59 bits per heavy atom. The number of amides is 2. The van der Waals surface area contributed by atoms with Crippen LogP contribution in [0, 0.1) is 6.92 Å². The van der Waals surface area contributed by atoms with Crippen molar-refractivity contribution in [3.8, 4) is 5.69 Å². The van der Waals surface area contributed by atoms with Gasteiger partial charge in [0, 0.05) is 11.1 Å². The number of nitrogens with zero attached hydrogens (tertiary/aromatic N) is 2. The van der Waals surface area contributed by atoms with E-state index in [0.29, 0.717) is 11.2 Å². The van der Waals surface area contributed by atoms with E-state index in [4.69, 9.17) is 5.11 Å². The maximum Gasteiger partial charge on any atom is 0.405 e. The van der Waals surface area contributed by atoms with E-state index in [2.05, 4.69) is 10.4 Å². The third-order valence-corrected chi connectivity index (χ3v) is 4.23. The predicted molar refractivity (Wildman–Crippen MR) is 101 cm³/mol. The summed E-state index contributed by atoms with van der Waals surface area (Å²) in [5.41, 5.74) is 1.68. The average molecular weight is 404 g/mol. The van der Waals surface area contributed by atoms with Gasteiger partial charge in [0.1, 0.15) is 11.7 Å². The summed E-state index contributed by atoms with van der Waals surface area (Å²) in [5.74, 6) is -0.787. The van der Waals surface area contributed by atoms with Crippen molar-refractivity contribution >= 4 is 28.6 Å². The molecule has 0 saturated carbocycles. The number of carbonyl (C=O) groups excluding carboxylic acids is 1. The molecule has 1 atom stereocenters. The largest absolute Gasteiger partial charge is 0.465 e. The molecule has 2 aromatic carbocycles. The van der Waals surface area contributed by atoms with E-state index in [9.17, 15) is 23.5 Å². The quantitative estimate of drug-likeness (QED) is 0.504. The first-order chi connectivity index (χ1) is 13.8. The molecular weight excluding hydrogens is 386 g/mol. The van der Waals surface area contributed by atoms with Crippen molar-refractivity contribution in [1.82, 2.24) is 15.1 Å². The summed E-state index contributed by atoms with van der Waals surface area (Å²) >= 11 is 0. The van der Waals surface area contributed by atoms with E-state index >= 15 is 0 Å². The summed E-state index contributed by atoms with van der Waals surface area (Å²) < 4.78 is 28.3. The number of fused-ring (bicyclic) bond motifs is 1. The van der Waals surface area contributed by atoms with E-state index < -0.39 is 31.1 Å². The number of benzene rings is 2. The van der Waals surface area contributed by atoms with Crippen molar-refractivity contribution in [3.05, 3.63) is 53.7 Å². The van der Waals surface area contributed by atoms with E-state index in [1.807, 2.05) is 18.3 Å². The van der Waals surface area contributed by atoms with Crippen LogP contribution in [0.25, 0.3) is 16.6 Å². The Kier molecular flexibility index (Phi) is 5.74. The maximum atomic E-state index is 13.5. The molecule has 8 nitrogen and oxygen atoms in total. The normalized spacial score (nSPS) is 12.2. The highest BCUT2D eigenvalue weighted by Crippen LogP contribution is 2.31. The predicted octanol–water partition coefficient (Wildman–Crippen LogP) is 2.84. The van der Waals surface area contributed by atoms with E-state index in [0.717, 1.165) is 5.56 Å². The number of nitrogens with one attached hydrogen (secondary N) is 2. The fraction of sp³-hybridized carbons (Fsp3) is 0.211. The van der Waals surface area contributed by atoms with Gasteiger partial charge >= 0.3 is 6.09 Å². The van der Waals surface area contributed by atoms with Crippen LogP contribution < -0.4 is 10.6 Å². The van der Waals surface area contributed by atoms with Gasteiger partial charge in [-0.2, -0.15) is 5.10 Å². The first-order valence-corrected chi connectivity index (χ1v) is 8.59. The second kappa shape index (κ2) is 8.23. The van der Waals surface area contributed by atoms with Crippen molar-refractivity contribution in [2.75, 3.05) is 11.9 Å². The third kappa shape index (κ3) is 4.32. The van der Waals surface area contributed by atoms with Gasteiger partial charge in [0.25, 0.3) is 6.43 Å². The van der Waals surface area contributed by atoms with E-state index in [1.54, 1.807) is 18.2 Å². The third-order valence-electron chi connectivity index (χ3n) is 4.23. The van der Waals surface area contributed by atoms with Crippen molar-refractivity contribution in [3.63, 3.8) is 0 Å². The number of aromatic nitrogens is 2. The molecule has 2 amide bonds. The summed E-state index contributed by atoms with van der Waals surface area (Å²) in [4.78, 5) is 22.9. The first-order valence-electron chi connectivity index (χ1n) is 8.59. The minimum absolute atomic E-state index is 0.224. The zero-order valence-electron chi connectivity index (χ0n) is 15.3. The van der Waals surface area contributed by atoms with Crippen molar-refractivity contribution in [2.24, 2.45) is 0 Å². The summed E-state index contributed by atoms with van der Waals surface area (Å²) in [5, 5.41) is 26.5. The van der Waals surface area contributed by atoms with Gasteiger partial charge in [-0.05, 0) is 42.8 Å². The van der Waals surface area contributed by atoms with Crippen molar-refractivity contribution in [2.45, 2.75) is 19.4 Å². The summed E-state index contributed by atoms with van der Waals surface area (Å²) in [7, 11) is 0. The van der Waals surface area contributed by atoms with Gasteiger partial charge in [-0.3, -0.25) is 4.79 Å². The Morgan fingerprint density at radius 2 is 1.97 bits per heavy atom. The summed E-state index contributed by atoms with van der Waals surface area (Å²) in [6.07, 6.45) is -4.25. The molecule has 0 radical (unpaired) electrons. The van der Waals surface area contributed by atoms with Crippen molar-refractivity contribution in [1.29, 1.82) is 0 Å². The molecule has 0 fully saturated rings. The van der Waals surface area contributed by atoms with Crippen LogP contribution in [0.2, 0.25) is 0 Å². The Labute approximate surface area is 163 Å². The number of carbonyl (C=O) groups is 2. The number of hydrogen-bond acceptors (Lipinski definition) is 4. The summed E-state index contributed by atoms with van der Waals surface area (Å²) in [6, 6.07) is 10.0. The second-order valence-electron chi connectivity index (χ2n) is 6.34. The molecule has 3 aromatic rings. The van der Waals surface area contributed by atoms with E-state index in [-0.39, 0.29) is 16.8 Å². The van der Waals surface area contributed by atoms with Gasteiger partial charge in [0.15, 0.2) is 0 Å². The van der Waals surface area contributed by atoms with Gasteiger partial charge < -0.3 is 20.8 Å². The van der Waals surface area contributed by atoms with Gasteiger partial charge in [0.05, 0.1) is 17.8 Å². The molecule has 0 saturated heterocycles. The first kappa shape index (κ1) is 20.2. The summed E-state index contributed by atoms with van der Waals surface area (Å²) in [6.45, 7) is 1.12. The zero-order valence-corrected chi connectivity index (χ0v) is 15.3. The number of anilines is 1. The monoisotopic (exact) mass is 404 g/mol. The van der Waals surface area contributed by atoms with Crippen LogP contribution in [0.1, 0.15) is 17.7 Å². The van der Waals surface area contributed by atoms with Crippen LogP contribution in [0.15, 0.2) is 42.5 Å². The number of aryl methyl sites for hydroxylation is 1. The topological polar surface area (TPSA) is 116 Å². The van der Waals surface area contributed by atoms with Gasteiger partial charge in [-0.15, -0.1) is 0 Å². The molecule has 1 unspecified atom stereocenters. The minimum Gasteiger partial charge on any atom is -0.465 e. The van der Waals surface area contributed by atoms with Crippen LogP contribution in [0.5, 0.6) is 0 Å². The number of aliphatic hydroxyl groups excluding tert-OH is 1. The molecule has 10 heteroatoms. The molecule has 1 aromatic heterocycles. The second-order valence-corrected chi connectivity index (χ2v) is 6.34. The Morgan fingerprint density at radius 1 is 1.21 bits per heavy atom. The highest BCUT2D eigenvalue weighted by atomic mass is 19.3. The smallest absolute Gasteiger partial charge is 0.405 e. The Bertz CT molecular complexity index is 1070. The number of rotatable bonds is 6. The van der Waals surface area contributed by atoms with Crippen LogP contribution in [-0.4, -0.2) is 44.6 Å². The molecule has 0 bridgehead atoms. The molecule has 0 spiro atoms. The molecule has 29 heavy (non-hydrogen) atoms. The molecule has 0 aliphatic carbocycles. The van der Waals surface area contributed by atoms with Crippen LogP contribution >= 0.6 is 0 Å². The lowest BCUT2D eigenvalue weighted by atomic mass is 10.1. The highest BCUT2D eigenvalue weighted by molar-refractivity contribution is 5.98. The van der Waals surface area contributed by atoms with E-state index in [1.165, 1.54) is 22.9 Å². The van der Waals surface area contributed by atoms with Crippen molar-refractivity contribution < 1.29 is 28.6 Å². The van der Waals surface area contributed by atoms with Gasteiger partial charge in [-0.25, -0.2) is 18.3 Å². The minimum atomic E-state index is -2.79. The molecule has 1 heterocycles. The number of carboxylic acid groups (broad SMARTS) is 1. The SMILES string of the molecule is Cc1cccc(-n2nc(C(F)F)c3ccc(NC(=O)C(CO)NC(=O)O)cc32)c1. The fourth-order valence-electron chi connectivity index (χ4n) is 2.91. The lowest BCUT2D eigenvalue weighted by Gasteiger charge is -2.14. The lowest BCUT2D eigenvalue weighted by Crippen LogP contribution is -2.45. The maximum absolute atomic E-state index is 13.5. The molecule has 4 N–H and O–H groups in total. The molecule has 152 valence electrons. The average Bonchev–Trinajstić information content (AvgIpc) is 3.05. The Hall–Kier alpha value is -3.53. The lowest BCUT2D eigenvalue weighted by molar-refractivity contribution is -0.118. The number of halogens is 2.